The molecule has 0 saturated carbocycles. The molecule has 2 aliphatic heterocycles. The molecule has 2 aromatic carbocycles. The number of rotatable bonds is 4. The zero-order valence-corrected chi connectivity index (χ0v) is 18.7. The molecule has 2 nitrogen and oxygen atoms in total. The van der Waals surface area contributed by atoms with Crippen LogP contribution in [0.1, 0.15) is 31.9 Å². The highest BCUT2D eigenvalue weighted by molar-refractivity contribution is 5.96. The molecule has 30 heavy (non-hydrogen) atoms. The number of benzene rings is 2. The Morgan fingerprint density at radius 3 is 2.37 bits per heavy atom. The van der Waals surface area contributed by atoms with Crippen molar-refractivity contribution in [3.05, 3.63) is 106 Å². The summed E-state index contributed by atoms with van der Waals surface area (Å²) in [6.07, 6.45) is 11.1. The maximum Gasteiger partial charge on any atom is 0.208 e. The van der Waals surface area contributed by atoms with Crippen LogP contribution in [0.3, 0.4) is 0 Å². The van der Waals surface area contributed by atoms with Crippen LogP contribution in [0.4, 0.5) is 11.4 Å². The number of hydrogen-bond acceptors (Lipinski definition) is 1. The molecule has 0 atom stereocenters. The smallest absolute Gasteiger partial charge is 0.208 e. The summed E-state index contributed by atoms with van der Waals surface area (Å²) in [5.41, 5.74) is 12.1. The highest BCUT2D eigenvalue weighted by atomic mass is 15.1. The van der Waals surface area contributed by atoms with E-state index in [2.05, 4.69) is 117 Å². The summed E-state index contributed by atoms with van der Waals surface area (Å²) >= 11 is 0. The normalized spacial score (nSPS) is 18.4. The summed E-state index contributed by atoms with van der Waals surface area (Å²) in [6.45, 7) is 6.63. The number of anilines is 1. The quantitative estimate of drug-likeness (QED) is 0.430. The topological polar surface area (TPSA) is 6.25 Å². The summed E-state index contributed by atoms with van der Waals surface area (Å²) in [6, 6.07) is 17.3. The van der Waals surface area contributed by atoms with Gasteiger partial charge in [-0.2, -0.15) is 4.58 Å². The van der Waals surface area contributed by atoms with E-state index in [9.17, 15) is 0 Å². The Bertz CT molecular complexity index is 1140. The number of para-hydroxylation sites is 2. The van der Waals surface area contributed by atoms with Crippen molar-refractivity contribution in [2.45, 2.75) is 33.6 Å². The average Bonchev–Trinajstić information content (AvgIpc) is 3.26. The zero-order valence-electron chi connectivity index (χ0n) is 18.7. The minimum absolute atomic E-state index is 1.00. The molecule has 0 saturated heterocycles. The van der Waals surface area contributed by atoms with Crippen LogP contribution in [0.25, 0.3) is 0 Å². The van der Waals surface area contributed by atoms with Gasteiger partial charge in [-0.05, 0) is 55.2 Å². The van der Waals surface area contributed by atoms with Gasteiger partial charge in [-0.3, -0.25) is 0 Å². The summed E-state index contributed by atoms with van der Waals surface area (Å²) in [7, 11) is 4.32. The maximum absolute atomic E-state index is 2.30. The minimum Gasteiger partial charge on any atom is -0.348 e. The van der Waals surface area contributed by atoms with Crippen LogP contribution < -0.4 is 4.90 Å². The lowest BCUT2D eigenvalue weighted by Gasteiger charge is -2.14. The summed E-state index contributed by atoms with van der Waals surface area (Å²) in [4.78, 5) is 2.30. The molecule has 0 radical (unpaired) electrons. The molecule has 2 heteroatoms. The van der Waals surface area contributed by atoms with Crippen molar-refractivity contribution in [3.63, 3.8) is 0 Å². The van der Waals surface area contributed by atoms with Gasteiger partial charge in [0, 0.05) is 42.6 Å². The van der Waals surface area contributed by atoms with Crippen molar-refractivity contribution < 1.29 is 4.58 Å². The Balaban J connectivity index is 1.50. The highest BCUT2D eigenvalue weighted by Crippen LogP contribution is 2.33. The third-order valence-electron chi connectivity index (χ3n) is 6.55. The molecule has 0 unspecified atom stereocenters. The monoisotopic (exact) mass is 395 g/mol. The summed E-state index contributed by atoms with van der Waals surface area (Å²) in [5.74, 6) is 0. The molecule has 2 aromatic rings. The van der Waals surface area contributed by atoms with Gasteiger partial charge in [0.15, 0.2) is 5.71 Å². The van der Waals surface area contributed by atoms with Gasteiger partial charge in [-0.1, -0.05) is 48.6 Å². The molecular weight excluding hydrogens is 364 g/mol. The predicted molar refractivity (Wildman–Crippen MR) is 129 cm³/mol. The van der Waals surface area contributed by atoms with Gasteiger partial charge in [0.1, 0.15) is 7.05 Å². The van der Waals surface area contributed by atoms with E-state index in [-0.39, 0.29) is 0 Å². The molecule has 2 heterocycles. The third-order valence-corrected chi connectivity index (χ3v) is 6.55. The molecule has 0 bridgehead atoms. The van der Waals surface area contributed by atoms with Gasteiger partial charge in [-0.25, -0.2) is 0 Å². The van der Waals surface area contributed by atoms with Crippen molar-refractivity contribution >= 4 is 17.1 Å². The van der Waals surface area contributed by atoms with Crippen LogP contribution in [0.15, 0.2) is 95.3 Å². The Hall–Kier alpha value is -3.13. The van der Waals surface area contributed by atoms with Crippen molar-refractivity contribution in [3.8, 4) is 0 Å². The van der Waals surface area contributed by atoms with E-state index < -0.39 is 0 Å². The lowest BCUT2D eigenvalue weighted by molar-refractivity contribution is -0.400. The number of nitrogens with zero attached hydrogens (tertiary/aromatic N) is 2. The van der Waals surface area contributed by atoms with E-state index >= 15 is 0 Å². The van der Waals surface area contributed by atoms with Gasteiger partial charge in [0.25, 0.3) is 0 Å². The van der Waals surface area contributed by atoms with Gasteiger partial charge in [0.05, 0.1) is 6.42 Å². The molecule has 4 rings (SSSR count). The van der Waals surface area contributed by atoms with E-state index in [0.29, 0.717) is 0 Å². The van der Waals surface area contributed by atoms with Gasteiger partial charge < -0.3 is 4.90 Å². The first-order valence-electron chi connectivity index (χ1n) is 10.7. The van der Waals surface area contributed by atoms with Crippen LogP contribution >= 0.6 is 0 Å². The number of likely N-dealkylation sites (N-methyl/N-ethyl adjacent to an activating group) is 1. The SMILES string of the molecule is CC(=C\C=C1/Cc2ccccc2N1C)/C(C)=C(C)/C=C/C1=[N+](C)c2ccccc2C1. The molecule has 0 N–H and O–H groups in total. The number of hydrogen-bond donors (Lipinski definition) is 0. The Labute approximate surface area is 180 Å². The average molecular weight is 396 g/mol. The van der Waals surface area contributed by atoms with Crippen molar-refractivity contribution in [2.24, 2.45) is 0 Å². The van der Waals surface area contributed by atoms with Crippen LogP contribution in [0.5, 0.6) is 0 Å². The first kappa shape index (κ1) is 20.2. The number of fused-ring (bicyclic) bond motifs is 2. The first-order valence-corrected chi connectivity index (χ1v) is 10.7. The van der Waals surface area contributed by atoms with E-state index in [1.807, 2.05) is 0 Å². The third kappa shape index (κ3) is 3.82. The Kier molecular flexibility index (Phi) is 5.59. The van der Waals surface area contributed by atoms with E-state index in [4.69, 9.17) is 0 Å². The van der Waals surface area contributed by atoms with Crippen LogP contribution in [0.2, 0.25) is 0 Å². The molecule has 2 aliphatic rings. The molecule has 0 aromatic heterocycles. The molecular formula is C28H31N2+. The molecule has 0 amide bonds. The second-order valence-electron chi connectivity index (χ2n) is 8.37. The number of allylic oxidation sites excluding steroid dienone is 8. The van der Waals surface area contributed by atoms with E-state index in [0.717, 1.165) is 12.8 Å². The van der Waals surface area contributed by atoms with E-state index in [1.54, 1.807) is 0 Å². The molecule has 0 spiro atoms. The van der Waals surface area contributed by atoms with Gasteiger partial charge >= 0.3 is 0 Å². The van der Waals surface area contributed by atoms with Gasteiger partial charge in [-0.15, -0.1) is 0 Å². The lowest BCUT2D eigenvalue weighted by atomic mass is 10.0. The molecule has 0 aliphatic carbocycles. The second-order valence-corrected chi connectivity index (χ2v) is 8.37. The van der Waals surface area contributed by atoms with Crippen LogP contribution in [-0.2, 0) is 12.8 Å². The first-order chi connectivity index (χ1) is 14.5. The fourth-order valence-corrected chi connectivity index (χ4v) is 4.26. The fourth-order valence-electron chi connectivity index (χ4n) is 4.26. The zero-order chi connectivity index (χ0) is 21.3. The van der Waals surface area contributed by atoms with Crippen molar-refractivity contribution in [1.29, 1.82) is 0 Å². The maximum atomic E-state index is 2.30. The van der Waals surface area contributed by atoms with Crippen LogP contribution in [0, 0.1) is 0 Å². The van der Waals surface area contributed by atoms with Crippen molar-refractivity contribution in [2.75, 3.05) is 19.0 Å². The lowest BCUT2D eigenvalue weighted by Crippen LogP contribution is -2.10. The second kappa shape index (κ2) is 8.31. The standard InChI is InChI=1S/C28H31N2/c1-20(14-16-25-18-23-10-6-8-12-27(23)29(25)4)22(3)21(2)15-17-26-19-24-11-7-9-13-28(24)30(26)5/h6-17H,18-19H2,1-5H3/q+1. The molecule has 0 fully saturated rings. The largest absolute Gasteiger partial charge is 0.348 e. The minimum atomic E-state index is 1.00. The van der Waals surface area contributed by atoms with Crippen LogP contribution in [-0.4, -0.2) is 24.4 Å². The summed E-state index contributed by atoms with van der Waals surface area (Å²) in [5, 5.41) is 0. The highest BCUT2D eigenvalue weighted by Gasteiger charge is 2.24. The van der Waals surface area contributed by atoms with Gasteiger partial charge in [0.2, 0.25) is 5.69 Å². The molecule has 152 valence electrons. The summed E-state index contributed by atoms with van der Waals surface area (Å²) < 4.78 is 2.30. The predicted octanol–water partition coefficient (Wildman–Crippen LogP) is 6.37. The Morgan fingerprint density at radius 1 is 0.933 bits per heavy atom. The van der Waals surface area contributed by atoms with Crippen molar-refractivity contribution in [1.82, 2.24) is 0 Å². The fraction of sp³-hybridized carbons (Fsp3) is 0.250. The Morgan fingerprint density at radius 2 is 1.63 bits per heavy atom. The van der Waals surface area contributed by atoms with E-state index in [1.165, 1.54) is 50.6 Å².